The summed E-state index contributed by atoms with van der Waals surface area (Å²) in [5.74, 6) is -0.390. The first-order chi connectivity index (χ1) is 23.1. The van der Waals surface area contributed by atoms with Gasteiger partial charge in [-0.1, -0.05) is 90.1 Å². The maximum Gasteiger partial charge on any atom is 0.264 e. The second-order valence-corrected chi connectivity index (χ2v) is 14.6. The molecule has 1 N–H and O–H groups in total. The molecule has 48 heavy (non-hydrogen) atoms. The maximum absolute atomic E-state index is 14.7. The minimum absolute atomic E-state index is 0.00524. The normalized spacial score (nSPS) is 13.9. The van der Waals surface area contributed by atoms with Crippen LogP contribution in [0.4, 0.5) is 5.69 Å². The molecule has 1 atom stereocenters. The smallest absolute Gasteiger partial charge is 0.264 e. The first-order valence-corrected chi connectivity index (χ1v) is 18.1. The number of rotatable bonds is 13. The summed E-state index contributed by atoms with van der Waals surface area (Å²) in [5.41, 5.74) is 2.45. The maximum atomic E-state index is 14.7. The lowest BCUT2D eigenvalue weighted by atomic mass is 10.0. The van der Waals surface area contributed by atoms with Gasteiger partial charge in [0.1, 0.15) is 18.3 Å². The number of aryl methyl sites for hydroxylation is 1. The van der Waals surface area contributed by atoms with Gasteiger partial charge in [0.25, 0.3) is 10.0 Å². The number of amides is 2. The molecule has 8 nitrogen and oxygen atoms in total. The Morgan fingerprint density at radius 1 is 0.875 bits per heavy atom. The Kier molecular flexibility index (Phi) is 11.7. The van der Waals surface area contributed by atoms with E-state index in [9.17, 15) is 18.0 Å². The molecular weight excluding hydrogens is 669 g/mol. The van der Waals surface area contributed by atoms with Crippen LogP contribution in [0.2, 0.25) is 10.0 Å². The van der Waals surface area contributed by atoms with Crippen LogP contribution in [0.3, 0.4) is 0 Å². The third-order valence-corrected chi connectivity index (χ3v) is 11.1. The highest BCUT2D eigenvalue weighted by molar-refractivity contribution is 7.92. The lowest BCUT2D eigenvalue weighted by molar-refractivity contribution is -0.140. The molecule has 1 fully saturated rings. The van der Waals surface area contributed by atoms with Gasteiger partial charge < -0.3 is 15.0 Å². The van der Waals surface area contributed by atoms with Crippen LogP contribution in [0, 0.1) is 6.92 Å². The van der Waals surface area contributed by atoms with Gasteiger partial charge in [0, 0.05) is 34.6 Å². The van der Waals surface area contributed by atoms with Crippen LogP contribution in [0.1, 0.15) is 42.4 Å². The van der Waals surface area contributed by atoms with Crippen LogP contribution in [0.15, 0.2) is 102 Å². The largest absolute Gasteiger partial charge is 0.497 e. The second kappa shape index (κ2) is 15.9. The van der Waals surface area contributed by atoms with E-state index in [1.54, 1.807) is 54.6 Å². The van der Waals surface area contributed by atoms with Gasteiger partial charge in [-0.25, -0.2) is 8.42 Å². The van der Waals surface area contributed by atoms with E-state index in [-0.39, 0.29) is 35.5 Å². The molecule has 1 unspecified atom stereocenters. The van der Waals surface area contributed by atoms with Crippen molar-refractivity contribution >= 4 is 50.7 Å². The summed E-state index contributed by atoms with van der Waals surface area (Å²) >= 11 is 13.2. The number of hydrogen-bond donors (Lipinski definition) is 1. The summed E-state index contributed by atoms with van der Waals surface area (Å²) < 4.78 is 34.9. The molecule has 2 amide bonds. The summed E-state index contributed by atoms with van der Waals surface area (Å²) in [5, 5.41) is 3.82. The van der Waals surface area contributed by atoms with Crippen molar-refractivity contribution in [3.05, 3.63) is 124 Å². The predicted molar refractivity (Wildman–Crippen MR) is 190 cm³/mol. The Labute approximate surface area is 292 Å². The van der Waals surface area contributed by atoms with E-state index in [4.69, 9.17) is 27.9 Å². The number of anilines is 1. The Balaban J connectivity index is 1.59. The Hall–Kier alpha value is -4.05. The summed E-state index contributed by atoms with van der Waals surface area (Å²) in [7, 11) is -2.72. The van der Waals surface area contributed by atoms with E-state index in [2.05, 4.69) is 5.32 Å². The number of hydrogen-bond acceptors (Lipinski definition) is 5. The molecular formula is C37H39Cl2N3O5S. The second-order valence-electron chi connectivity index (χ2n) is 11.9. The number of carbonyl (C=O) groups excluding carboxylic acids is 2. The van der Waals surface area contributed by atoms with Crippen molar-refractivity contribution in [1.82, 2.24) is 10.2 Å². The van der Waals surface area contributed by atoms with Gasteiger partial charge >= 0.3 is 0 Å². The van der Waals surface area contributed by atoms with Gasteiger partial charge in [-0.2, -0.15) is 0 Å². The number of ether oxygens (including phenoxy) is 1. The third kappa shape index (κ3) is 8.50. The van der Waals surface area contributed by atoms with E-state index < -0.39 is 28.5 Å². The predicted octanol–water partition coefficient (Wildman–Crippen LogP) is 7.20. The standard InChI is InChI=1S/C37H39Cl2N3O5S/c1-26-15-21-31(22-16-26)48(45,46)42(29-17-19-30(47-2)20-18-29)25-36(43)41(24-32-33(38)13-8-14-34(32)39)35(23-27-9-4-3-5-10-27)37(44)40-28-11-6-7-12-28/h3-5,8-10,13-22,28,35H,6-7,11-12,23-25H2,1-2H3,(H,40,44). The van der Waals surface area contributed by atoms with Crippen LogP contribution < -0.4 is 14.4 Å². The molecule has 0 bridgehead atoms. The molecule has 1 aliphatic rings. The fourth-order valence-corrected chi connectivity index (χ4v) is 7.82. The van der Waals surface area contributed by atoms with E-state index in [0.29, 0.717) is 21.4 Å². The fraction of sp³-hybridized carbons (Fsp3) is 0.297. The SMILES string of the molecule is COc1ccc(N(CC(=O)N(Cc2c(Cl)cccc2Cl)C(Cc2ccccc2)C(=O)NC2CCCC2)S(=O)(=O)c2ccc(C)cc2)cc1. The molecule has 252 valence electrons. The first-order valence-electron chi connectivity index (χ1n) is 15.9. The van der Waals surface area contributed by atoms with Crippen molar-refractivity contribution < 1.29 is 22.7 Å². The molecule has 1 aliphatic carbocycles. The summed E-state index contributed by atoms with van der Waals surface area (Å²) in [4.78, 5) is 30.3. The molecule has 0 spiro atoms. The molecule has 0 heterocycles. The molecule has 0 saturated heterocycles. The Morgan fingerprint density at radius 3 is 2.10 bits per heavy atom. The summed E-state index contributed by atoms with van der Waals surface area (Å²) in [6.07, 6.45) is 3.93. The van der Waals surface area contributed by atoms with Gasteiger partial charge in [-0.05, 0) is 73.9 Å². The van der Waals surface area contributed by atoms with Crippen LogP contribution in [-0.4, -0.2) is 50.9 Å². The molecule has 4 aromatic carbocycles. The number of benzene rings is 4. The number of methoxy groups -OCH3 is 1. The van der Waals surface area contributed by atoms with Crippen LogP contribution in [-0.2, 0) is 32.6 Å². The topological polar surface area (TPSA) is 96.0 Å². The molecule has 0 radical (unpaired) electrons. The lowest BCUT2D eigenvalue weighted by Crippen LogP contribution is -2.54. The number of halogens is 2. The van der Waals surface area contributed by atoms with E-state index >= 15 is 0 Å². The fourth-order valence-electron chi connectivity index (χ4n) is 5.89. The van der Waals surface area contributed by atoms with Crippen molar-refractivity contribution in [1.29, 1.82) is 0 Å². The number of sulfonamides is 1. The highest BCUT2D eigenvalue weighted by Crippen LogP contribution is 2.30. The highest BCUT2D eigenvalue weighted by Gasteiger charge is 2.36. The van der Waals surface area contributed by atoms with Crippen molar-refractivity contribution in [2.75, 3.05) is 18.0 Å². The molecule has 0 aromatic heterocycles. The minimum Gasteiger partial charge on any atom is -0.497 e. The molecule has 4 aromatic rings. The first kappa shape index (κ1) is 35.3. The van der Waals surface area contributed by atoms with Crippen LogP contribution in [0.25, 0.3) is 0 Å². The molecule has 11 heteroatoms. The molecule has 5 rings (SSSR count). The monoisotopic (exact) mass is 707 g/mol. The molecule has 1 saturated carbocycles. The minimum atomic E-state index is -4.24. The van der Waals surface area contributed by atoms with Crippen molar-refractivity contribution in [2.45, 2.75) is 62.6 Å². The number of nitrogens with zero attached hydrogens (tertiary/aromatic N) is 2. The average Bonchev–Trinajstić information content (AvgIpc) is 3.60. The Morgan fingerprint density at radius 2 is 1.50 bits per heavy atom. The van der Waals surface area contributed by atoms with Gasteiger partial charge in [-0.3, -0.25) is 13.9 Å². The highest BCUT2D eigenvalue weighted by atomic mass is 35.5. The summed E-state index contributed by atoms with van der Waals surface area (Å²) in [6, 6.07) is 26.3. The van der Waals surface area contributed by atoms with Crippen molar-refractivity contribution in [3.8, 4) is 5.75 Å². The zero-order chi connectivity index (χ0) is 34.3. The van der Waals surface area contributed by atoms with Crippen molar-refractivity contribution in [3.63, 3.8) is 0 Å². The third-order valence-electron chi connectivity index (χ3n) is 8.61. The van der Waals surface area contributed by atoms with Gasteiger partial charge in [0.15, 0.2) is 0 Å². The Bertz CT molecular complexity index is 1790. The quantitative estimate of drug-likeness (QED) is 0.159. The van der Waals surface area contributed by atoms with Crippen LogP contribution >= 0.6 is 23.2 Å². The summed E-state index contributed by atoms with van der Waals surface area (Å²) in [6.45, 7) is 1.16. The number of nitrogens with one attached hydrogen (secondary N) is 1. The van der Waals surface area contributed by atoms with Gasteiger partial charge in [0.2, 0.25) is 11.8 Å². The lowest BCUT2D eigenvalue weighted by Gasteiger charge is -2.34. The van der Waals surface area contributed by atoms with Crippen molar-refractivity contribution in [2.24, 2.45) is 0 Å². The van der Waals surface area contributed by atoms with E-state index in [1.165, 1.54) is 24.1 Å². The molecule has 0 aliphatic heterocycles. The van der Waals surface area contributed by atoms with Gasteiger partial charge in [0.05, 0.1) is 17.7 Å². The van der Waals surface area contributed by atoms with Crippen LogP contribution in [0.5, 0.6) is 5.75 Å². The average molecular weight is 709 g/mol. The van der Waals surface area contributed by atoms with E-state index in [1.807, 2.05) is 37.3 Å². The van der Waals surface area contributed by atoms with Gasteiger partial charge in [-0.15, -0.1) is 0 Å². The number of carbonyl (C=O) groups is 2. The zero-order valence-electron chi connectivity index (χ0n) is 26.9. The van der Waals surface area contributed by atoms with E-state index in [0.717, 1.165) is 41.1 Å². The zero-order valence-corrected chi connectivity index (χ0v) is 29.3.